The lowest BCUT2D eigenvalue weighted by molar-refractivity contribution is 0.0593. The van der Waals surface area contributed by atoms with Gasteiger partial charge in [-0.1, -0.05) is 12.1 Å². The van der Waals surface area contributed by atoms with Gasteiger partial charge in [-0.05, 0) is 61.4 Å². The number of methoxy groups -OCH3 is 1. The van der Waals surface area contributed by atoms with E-state index in [1.54, 1.807) is 30.0 Å². The molecule has 0 saturated carbocycles. The Morgan fingerprint density at radius 1 is 1.21 bits per heavy atom. The number of nitrogens with zero attached hydrogens (tertiary/aromatic N) is 3. The highest BCUT2D eigenvalue weighted by molar-refractivity contribution is 7.98. The van der Waals surface area contributed by atoms with Crippen LogP contribution in [-0.2, 0) is 24.1 Å². The number of carbonyl (C=O) groups excluding carboxylic acids is 1. The molecule has 0 amide bonds. The molecule has 1 aromatic carbocycles. The third kappa shape index (κ3) is 5.44. The van der Waals surface area contributed by atoms with E-state index < -0.39 is 5.97 Å². The summed E-state index contributed by atoms with van der Waals surface area (Å²) in [7, 11) is 1.36. The highest BCUT2D eigenvalue weighted by Crippen LogP contribution is 2.20. The topological polar surface area (TPSA) is 57.0 Å². The molecule has 2 aromatic heterocycles. The SMILES string of the molecule is COC(=O)c1cc(C)cc(CCCc2ncc(SC)n2Cc2ccc(F)cc2)n1. The van der Waals surface area contributed by atoms with Gasteiger partial charge in [-0.3, -0.25) is 0 Å². The zero-order chi connectivity index (χ0) is 20.8. The molecule has 0 aliphatic carbocycles. The lowest BCUT2D eigenvalue weighted by Gasteiger charge is -2.11. The Bertz CT molecular complexity index is 986. The molecule has 0 radical (unpaired) electrons. The zero-order valence-electron chi connectivity index (χ0n) is 16.8. The van der Waals surface area contributed by atoms with Gasteiger partial charge in [-0.2, -0.15) is 0 Å². The standard InChI is InChI=1S/C22H24FN3O2S/c1-15-11-18(25-19(12-15)22(27)28-2)5-4-6-20-24-13-21(29-3)26(20)14-16-7-9-17(23)10-8-16/h7-13H,4-6,14H2,1-3H3. The molecule has 29 heavy (non-hydrogen) atoms. The zero-order valence-corrected chi connectivity index (χ0v) is 17.6. The summed E-state index contributed by atoms with van der Waals surface area (Å²) in [6.07, 6.45) is 6.27. The lowest BCUT2D eigenvalue weighted by Crippen LogP contribution is -2.09. The molecule has 0 aliphatic heterocycles. The fourth-order valence-corrected chi connectivity index (χ4v) is 3.75. The van der Waals surface area contributed by atoms with Crippen LogP contribution in [0.25, 0.3) is 0 Å². The Kier molecular flexibility index (Phi) is 7.04. The van der Waals surface area contributed by atoms with Crippen molar-refractivity contribution in [3.63, 3.8) is 0 Å². The Balaban J connectivity index is 1.70. The molecule has 0 atom stereocenters. The van der Waals surface area contributed by atoms with E-state index in [4.69, 9.17) is 4.74 Å². The number of carbonyl (C=O) groups is 1. The number of aromatic nitrogens is 3. The summed E-state index contributed by atoms with van der Waals surface area (Å²) in [5.74, 6) is 0.329. The number of aryl methyl sites for hydroxylation is 3. The minimum atomic E-state index is -0.422. The van der Waals surface area contributed by atoms with Gasteiger partial charge in [0.05, 0.1) is 18.3 Å². The molecule has 0 aliphatic rings. The molecule has 0 N–H and O–H groups in total. The van der Waals surface area contributed by atoms with Gasteiger partial charge in [-0.25, -0.2) is 19.2 Å². The van der Waals surface area contributed by atoms with E-state index in [0.29, 0.717) is 12.2 Å². The number of hydrogen-bond donors (Lipinski definition) is 0. The van der Waals surface area contributed by atoms with E-state index in [1.165, 1.54) is 19.2 Å². The van der Waals surface area contributed by atoms with E-state index in [-0.39, 0.29) is 5.82 Å². The first-order valence-corrected chi connectivity index (χ1v) is 10.6. The van der Waals surface area contributed by atoms with Crippen LogP contribution >= 0.6 is 11.8 Å². The monoisotopic (exact) mass is 413 g/mol. The molecule has 3 rings (SSSR count). The summed E-state index contributed by atoms with van der Waals surface area (Å²) in [5.41, 5.74) is 3.22. The third-order valence-electron chi connectivity index (χ3n) is 4.62. The summed E-state index contributed by atoms with van der Waals surface area (Å²) in [6, 6.07) is 10.3. The van der Waals surface area contributed by atoms with E-state index in [2.05, 4.69) is 14.5 Å². The maximum atomic E-state index is 13.2. The van der Waals surface area contributed by atoms with Gasteiger partial charge in [0, 0.05) is 18.7 Å². The fourth-order valence-electron chi connectivity index (χ4n) is 3.20. The summed E-state index contributed by atoms with van der Waals surface area (Å²) in [4.78, 5) is 20.8. The van der Waals surface area contributed by atoms with Crippen molar-refractivity contribution in [2.45, 2.75) is 37.8 Å². The summed E-state index contributed by atoms with van der Waals surface area (Å²) < 4.78 is 20.1. The quantitative estimate of drug-likeness (QED) is 0.403. The average molecular weight is 414 g/mol. The highest BCUT2D eigenvalue weighted by Gasteiger charge is 2.12. The number of hydrogen-bond acceptors (Lipinski definition) is 5. The number of imidazole rings is 1. The summed E-state index contributed by atoms with van der Waals surface area (Å²) >= 11 is 1.64. The molecule has 0 saturated heterocycles. The second kappa shape index (κ2) is 9.69. The number of benzene rings is 1. The van der Waals surface area contributed by atoms with Crippen LogP contribution in [0.2, 0.25) is 0 Å². The minimum absolute atomic E-state index is 0.235. The van der Waals surface area contributed by atoms with Gasteiger partial charge < -0.3 is 9.30 Å². The van der Waals surface area contributed by atoms with Gasteiger partial charge in [0.1, 0.15) is 17.3 Å². The van der Waals surface area contributed by atoms with Gasteiger partial charge in [0.2, 0.25) is 0 Å². The number of halogens is 1. The minimum Gasteiger partial charge on any atom is -0.464 e. The van der Waals surface area contributed by atoms with Crippen LogP contribution in [0, 0.1) is 12.7 Å². The summed E-state index contributed by atoms with van der Waals surface area (Å²) in [5, 5.41) is 1.07. The Morgan fingerprint density at radius 2 is 1.97 bits per heavy atom. The lowest BCUT2D eigenvalue weighted by atomic mass is 10.1. The van der Waals surface area contributed by atoms with Crippen LogP contribution in [0.4, 0.5) is 4.39 Å². The molecular formula is C22H24FN3O2S. The molecule has 0 spiro atoms. The number of thioether (sulfide) groups is 1. The predicted octanol–water partition coefficient (Wildman–Crippen LogP) is 4.46. The van der Waals surface area contributed by atoms with Gasteiger partial charge in [-0.15, -0.1) is 11.8 Å². The number of ether oxygens (including phenoxy) is 1. The van der Waals surface area contributed by atoms with Crippen LogP contribution in [0.3, 0.4) is 0 Å². The normalized spacial score (nSPS) is 10.9. The van der Waals surface area contributed by atoms with Crippen molar-refractivity contribution < 1.29 is 13.9 Å². The highest BCUT2D eigenvalue weighted by atomic mass is 32.2. The number of rotatable bonds is 8. The molecule has 5 nitrogen and oxygen atoms in total. The Hall–Kier alpha value is -2.67. The predicted molar refractivity (Wildman–Crippen MR) is 112 cm³/mol. The maximum absolute atomic E-state index is 13.2. The molecule has 3 aromatic rings. The van der Waals surface area contributed by atoms with Gasteiger partial charge in [0.15, 0.2) is 0 Å². The molecular weight excluding hydrogens is 389 g/mol. The largest absolute Gasteiger partial charge is 0.464 e. The van der Waals surface area contributed by atoms with E-state index in [1.807, 2.05) is 25.4 Å². The van der Waals surface area contributed by atoms with Crippen molar-refractivity contribution in [1.29, 1.82) is 0 Å². The molecule has 0 bridgehead atoms. The van der Waals surface area contributed by atoms with Gasteiger partial charge in [0.25, 0.3) is 0 Å². The van der Waals surface area contributed by atoms with Crippen LogP contribution in [0.15, 0.2) is 47.6 Å². The van der Waals surface area contributed by atoms with Crippen molar-refractivity contribution >= 4 is 17.7 Å². The Morgan fingerprint density at radius 3 is 2.66 bits per heavy atom. The first-order valence-electron chi connectivity index (χ1n) is 9.39. The van der Waals surface area contributed by atoms with Crippen LogP contribution < -0.4 is 0 Å². The second-order valence-corrected chi connectivity index (χ2v) is 7.62. The molecule has 7 heteroatoms. The van der Waals surface area contributed by atoms with Crippen LogP contribution in [-0.4, -0.2) is 33.9 Å². The average Bonchev–Trinajstić information content (AvgIpc) is 3.10. The number of esters is 1. The smallest absolute Gasteiger partial charge is 0.356 e. The summed E-state index contributed by atoms with van der Waals surface area (Å²) in [6.45, 7) is 2.60. The van der Waals surface area contributed by atoms with E-state index in [9.17, 15) is 9.18 Å². The van der Waals surface area contributed by atoms with Gasteiger partial charge >= 0.3 is 5.97 Å². The second-order valence-electron chi connectivity index (χ2n) is 6.80. The first kappa shape index (κ1) is 21.0. The van der Waals surface area contributed by atoms with Crippen LogP contribution in [0.5, 0.6) is 0 Å². The van der Waals surface area contributed by atoms with Crippen LogP contribution in [0.1, 0.15) is 39.6 Å². The van der Waals surface area contributed by atoms with Crippen molar-refractivity contribution in [3.8, 4) is 0 Å². The fraction of sp³-hybridized carbons (Fsp3) is 0.318. The van der Waals surface area contributed by atoms with Crippen molar-refractivity contribution in [2.24, 2.45) is 0 Å². The molecule has 0 fully saturated rings. The third-order valence-corrected chi connectivity index (χ3v) is 5.36. The van der Waals surface area contributed by atoms with E-state index in [0.717, 1.165) is 46.9 Å². The molecule has 2 heterocycles. The van der Waals surface area contributed by atoms with E-state index >= 15 is 0 Å². The molecule has 0 unspecified atom stereocenters. The first-order chi connectivity index (χ1) is 14.0. The van der Waals surface area contributed by atoms with Crippen molar-refractivity contribution in [3.05, 3.63) is 76.8 Å². The van der Waals surface area contributed by atoms with Crippen molar-refractivity contribution in [2.75, 3.05) is 13.4 Å². The number of pyridine rings is 1. The molecule has 152 valence electrons. The Labute approximate surface area is 174 Å². The van der Waals surface area contributed by atoms with Crippen molar-refractivity contribution in [1.82, 2.24) is 14.5 Å². The maximum Gasteiger partial charge on any atom is 0.356 e.